The number of fused-ring (bicyclic) bond motifs is 6. The maximum atomic E-state index is 14.7. The Balaban J connectivity index is 1.00. The van der Waals surface area contributed by atoms with E-state index < -0.39 is 22.4 Å². The summed E-state index contributed by atoms with van der Waals surface area (Å²) in [5.41, 5.74) is 1.06. The number of Topliss-reactive ketones (excluding diaryl/α,β-unsaturated/α-hetero) is 1. The zero-order valence-electron chi connectivity index (χ0n) is 43.9. The molecule has 0 amide bonds. The lowest BCUT2D eigenvalue weighted by Gasteiger charge is -2.48. The molecule has 10 aliphatic rings. The van der Waals surface area contributed by atoms with E-state index in [0.717, 1.165) is 44.9 Å². The van der Waals surface area contributed by atoms with Crippen molar-refractivity contribution >= 4 is 22.4 Å². The molecule has 4 unspecified atom stereocenters. The zero-order chi connectivity index (χ0) is 48.2. The third-order valence-electron chi connectivity index (χ3n) is 19.5. The second-order valence-corrected chi connectivity index (χ2v) is 35.9. The van der Waals surface area contributed by atoms with Crippen LogP contribution in [-0.2, 0) is 56.3 Å². The summed E-state index contributed by atoms with van der Waals surface area (Å²) in [6.45, 7) is 35.1. The number of ether oxygens (including phenoxy) is 9. The largest absolute Gasteiger partial charge is 0.414 e. The molecule has 0 aromatic rings. The Morgan fingerprint density at radius 3 is 2.10 bits per heavy atom. The molecule has 19 atom stereocenters. The van der Waals surface area contributed by atoms with Crippen molar-refractivity contribution in [3.63, 3.8) is 0 Å². The predicted molar refractivity (Wildman–Crippen MR) is 261 cm³/mol. The fourth-order valence-corrected chi connectivity index (χ4v) is 15.2. The summed E-state index contributed by atoms with van der Waals surface area (Å²) in [7, 11) is -2.53. The van der Waals surface area contributed by atoms with Crippen LogP contribution in [-0.4, -0.2) is 140 Å². The summed E-state index contributed by atoms with van der Waals surface area (Å²) in [5.74, 6) is -0.364. The van der Waals surface area contributed by atoms with Crippen LogP contribution in [0.15, 0.2) is 12.2 Å². The van der Waals surface area contributed by atoms with Crippen LogP contribution in [0.4, 0.5) is 0 Å². The van der Waals surface area contributed by atoms with Gasteiger partial charge in [-0.2, -0.15) is 0 Å². The van der Waals surface area contributed by atoms with Crippen LogP contribution in [0.25, 0.3) is 0 Å². The Kier molecular flexibility index (Phi) is 14.3. The van der Waals surface area contributed by atoms with E-state index >= 15 is 0 Å². The Labute approximate surface area is 405 Å². The van der Waals surface area contributed by atoms with Gasteiger partial charge < -0.3 is 51.5 Å². The molecule has 10 rings (SSSR count). The molecule has 382 valence electrons. The van der Waals surface area contributed by atoms with Gasteiger partial charge in [-0.3, -0.25) is 4.79 Å². The topological polar surface area (TPSA) is 119 Å². The first-order valence-corrected chi connectivity index (χ1v) is 32.4. The Morgan fingerprint density at radius 2 is 1.39 bits per heavy atom. The second-order valence-electron chi connectivity index (χ2n) is 26.4. The maximum absolute atomic E-state index is 14.7. The van der Waals surface area contributed by atoms with Gasteiger partial charge in [-0.15, -0.1) is 0 Å². The molecule has 10 saturated heterocycles. The van der Waals surface area contributed by atoms with E-state index in [4.69, 9.17) is 51.5 Å². The van der Waals surface area contributed by atoms with E-state index in [9.17, 15) is 4.79 Å². The summed E-state index contributed by atoms with van der Waals surface area (Å²) >= 11 is 0. The van der Waals surface area contributed by atoms with Crippen LogP contribution >= 0.6 is 0 Å². The number of carbonyl (C=O) groups excluding carboxylic acids is 1. The molecule has 10 heterocycles. The molecule has 67 heavy (non-hydrogen) atoms. The van der Waals surface area contributed by atoms with Crippen LogP contribution in [0.2, 0.25) is 36.3 Å². The Morgan fingerprint density at radius 1 is 0.716 bits per heavy atom. The van der Waals surface area contributed by atoms with E-state index in [1.165, 1.54) is 5.57 Å². The normalized spacial score (nSPS) is 45.2. The van der Waals surface area contributed by atoms with Gasteiger partial charge in [-0.25, -0.2) is 0 Å². The zero-order valence-corrected chi connectivity index (χ0v) is 45.9. The highest BCUT2D eigenvalue weighted by Crippen LogP contribution is 2.55. The third kappa shape index (κ3) is 10.1. The number of ketones is 1. The predicted octanol–water partition coefficient (Wildman–Crippen LogP) is 10.0. The lowest BCUT2D eigenvalue weighted by atomic mass is 9.68. The summed E-state index contributed by atoms with van der Waals surface area (Å²) in [4.78, 5) is 14.7. The fraction of sp³-hybridized carbons (Fsp3) is 0.943. The van der Waals surface area contributed by atoms with Gasteiger partial charge >= 0.3 is 0 Å². The van der Waals surface area contributed by atoms with Crippen molar-refractivity contribution < 1.29 is 56.3 Å². The molecule has 0 N–H and O–H groups in total. The number of carbonyl (C=O) groups is 1. The molecular formula is C53H90O12Si2. The van der Waals surface area contributed by atoms with Crippen LogP contribution in [0, 0.1) is 17.3 Å². The molecule has 10 aliphatic heterocycles. The average Bonchev–Trinajstić information content (AvgIpc) is 3.91. The summed E-state index contributed by atoms with van der Waals surface area (Å²) in [6.07, 6.45) is 6.59. The fourth-order valence-electron chi connectivity index (χ4n) is 12.8. The van der Waals surface area contributed by atoms with Gasteiger partial charge in [0.1, 0.15) is 36.3 Å². The SMILES string of the molecule is C=C1CC2CC[C@@]34C[C@H]5O[C@H]6[C@@H](O3)[C@H]3OC(CC[C@@H]3O[C@H]6[C@H]5O4)CC(=O)C[C@@H]3[C@@H](OC)[C@@H](C[C@@H](CO[Si](C)(C)C(C)(C)C)O[Si](C)(C)C(C)(C)C)O[C@H]3C[C@H]3OC(CCC1O2)C[C@@H](C)C3(C)C. The molecule has 0 aromatic heterocycles. The monoisotopic (exact) mass is 975 g/mol. The quantitative estimate of drug-likeness (QED) is 0.170. The Hall–Kier alpha value is -0.596. The molecule has 14 heteroatoms. The van der Waals surface area contributed by atoms with Crippen molar-refractivity contribution in [2.24, 2.45) is 17.3 Å². The van der Waals surface area contributed by atoms with E-state index in [2.05, 4.69) is 95.1 Å². The van der Waals surface area contributed by atoms with Gasteiger partial charge in [0, 0.05) is 51.6 Å². The van der Waals surface area contributed by atoms with E-state index in [1.807, 2.05) is 0 Å². The number of hydrogen-bond acceptors (Lipinski definition) is 12. The second kappa shape index (κ2) is 18.7. The van der Waals surface area contributed by atoms with Gasteiger partial charge in [0.25, 0.3) is 0 Å². The highest BCUT2D eigenvalue weighted by molar-refractivity contribution is 6.74. The number of rotatable bonds is 8. The van der Waals surface area contributed by atoms with Crippen LogP contribution in [0.3, 0.4) is 0 Å². The van der Waals surface area contributed by atoms with Gasteiger partial charge in [0.05, 0.1) is 73.8 Å². The first kappa shape index (κ1) is 51.3. The summed E-state index contributed by atoms with van der Waals surface area (Å²) in [6, 6.07) is 0. The smallest absolute Gasteiger partial charge is 0.192 e. The maximum Gasteiger partial charge on any atom is 0.192 e. The first-order chi connectivity index (χ1) is 31.3. The molecule has 12 bridgehead atoms. The molecule has 1 spiro atoms. The molecule has 10 fully saturated rings. The van der Waals surface area contributed by atoms with Crippen molar-refractivity contribution in [1.82, 2.24) is 0 Å². The van der Waals surface area contributed by atoms with E-state index in [1.54, 1.807) is 7.11 Å². The molecule has 0 saturated carbocycles. The van der Waals surface area contributed by atoms with Gasteiger partial charge in [0.2, 0.25) is 0 Å². The Bertz CT molecular complexity index is 1790. The summed E-state index contributed by atoms with van der Waals surface area (Å²) < 4.78 is 76.6. The number of hydrogen-bond donors (Lipinski definition) is 0. The van der Waals surface area contributed by atoms with Crippen molar-refractivity contribution in [3.05, 3.63) is 12.2 Å². The standard InChI is InChI=1S/C53H90O12Si2/c1-30-22-35-20-21-53-28-42-46(63-53)47-48(62-42)49(64-53)45-39(61-47)19-17-34(59-45)24-32(54)25-37-40(27-43-52(9,10)31(2)23-33(58-43)16-18-38(30)57-35)60-41(44(37)55-11)26-36(65-67(14,15)51(6,7)8)29-56-66(12,13)50(3,4)5/h31,33-49H,1,16-29H2,2-15H3/t31-,33?,34?,35?,36+,37+,38?,39+,40+,41-,42-,43-,44-,45+,46+,47+,48-,49+,53+/m1/s1. The van der Waals surface area contributed by atoms with Crippen molar-refractivity contribution in [3.8, 4) is 0 Å². The van der Waals surface area contributed by atoms with Crippen LogP contribution in [0.5, 0.6) is 0 Å². The minimum absolute atomic E-state index is 0.00378. The third-order valence-corrected chi connectivity index (χ3v) is 28.5. The minimum atomic E-state index is -2.22. The lowest BCUT2D eigenvalue weighted by Crippen LogP contribution is -2.61. The van der Waals surface area contributed by atoms with Gasteiger partial charge in [-0.05, 0) is 98.1 Å². The molecule has 0 aliphatic carbocycles. The number of methoxy groups -OCH3 is 1. The van der Waals surface area contributed by atoms with Crippen molar-refractivity contribution in [2.45, 2.75) is 285 Å². The first-order valence-electron chi connectivity index (χ1n) is 26.6. The van der Waals surface area contributed by atoms with E-state index in [0.29, 0.717) is 51.0 Å². The molecule has 12 nitrogen and oxygen atoms in total. The van der Waals surface area contributed by atoms with Gasteiger partial charge in [-0.1, -0.05) is 68.9 Å². The van der Waals surface area contributed by atoms with Crippen molar-refractivity contribution in [1.29, 1.82) is 0 Å². The van der Waals surface area contributed by atoms with E-state index in [-0.39, 0.29) is 125 Å². The highest BCUT2D eigenvalue weighted by atomic mass is 28.4. The molecule has 0 aromatic carbocycles. The van der Waals surface area contributed by atoms with Crippen LogP contribution in [0.1, 0.15) is 146 Å². The molecule has 0 radical (unpaired) electrons. The lowest BCUT2D eigenvalue weighted by molar-refractivity contribution is -0.292. The molecular weight excluding hydrogens is 885 g/mol. The van der Waals surface area contributed by atoms with Crippen LogP contribution < -0.4 is 0 Å². The average molecular weight is 975 g/mol. The minimum Gasteiger partial charge on any atom is -0.414 e. The highest BCUT2D eigenvalue weighted by Gasteiger charge is 2.69. The summed E-state index contributed by atoms with van der Waals surface area (Å²) in [5, 5.41) is 0.0730. The van der Waals surface area contributed by atoms with Crippen molar-refractivity contribution in [2.75, 3.05) is 13.7 Å². The van der Waals surface area contributed by atoms with Gasteiger partial charge in [0.15, 0.2) is 22.4 Å².